The molecule has 1 atom stereocenters. The molecule has 0 radical (unpaired) electrons. The van der Waals surface area contributed by atoms with E-state index in [1.165, 1.54) is 4.88 Å². The van der Waals surface area contributed by atoms with Crippen molar-refractivity contribution in [3.63, 3.8) is 0 Å². The Morgan fingerprint density at radius 3 is 2.81 bits per heavy atom. The zero-order chi connectivity index (χ0) is 11.4. The highest BCUT2D eigenvalue weighted by atomic mass is 35.5. The van der Waals surface area contributed by atoms with Crippen LogP contribution in [-0.2, 0) is 6.42 Å². The van der Waals surface area contributed by atoms with E-state index < -0.39 is 6.10 Å². The van der Waals surface area contributed by atoms with Crippen LogP contribution in [0.5, 0.6) is 0 Å². The fraction of sp³-hybridized carbons (Fsp3) is 0.231. The van der Waals surface area contributed by atoms with Gasteiger partial charge in [0.15, 0.2) is 0 Å². The number of aliphatic hydroxyl groups is 1. The molecule has 0 saturated heterocycles. The summed E-state index contributed by atoms with van der Waals surface area (Å²) >= 11 is 7.61. The van der Waals surface area contributed by atoms with Crippen molar-refractivity contribution < 1.29 is 5.11 Å². The van der Waals surface area contributed by atoms with Crippen molar-refractivity contribution in [1.29, 1.82) is 0 Å². The number of halogens is 1. The molecule has 16 heavy (non-hydrogen) atoms. The second-order valence-corrected chi connectivity index (χ2v) is 5.16. The second kappa shape index (κ2) is 5.48. The van der Waals surface area contributed by atoms with E-state index in [-0.39, 0.29) is 0 Å². The molecule has 0 aliphatic rings. The van der Waals surface area contributed by atoms with E-state index in [0.29, 0.717) is 5.02 Å². The van der Waals surface area contributed by atoms with Crippen LogP contribution in [0.15, 0.2) is 41.8 Å². The van der Waals surface area contributed by atoms with Crippen molar-refractivity contribution in [2.24, 2.45) is 0 Å². The fourth-order valence-corrected chi connectivity index (χ4v) is 2.54. The average molecular weight is 253 g/mol. The zero-order valence-electron chi connectivity index (χ0n) is 8.77. The van der Waals surface area contributed by atoms with Crippen molar-refractivity contribution in [2.45, 2.75) is 18.9 Å². The third kappa shape index (κ3) is 3.08. The molecule has 0 aliphatic heterocycles. The number of hydrogen-bond acceptors (Lipinski definition) is 2. The molecule has 84 valence electrons. The maximum Gasteiger partial charge on any atom is 0.0794 e. The molecule has 0 spiro atoms. The summed E-state index contributed by atoms with van der Waals surface area (Å²) < 4.78 is 0. The summed E-state index contributed by atoms with van der Waals surface area (Å²) in [6.07, 6.45) is 1.22. The molecule has 1 heterocycles. The van der Waals surface area contributed by atoms with E-state index >= 15 is 0 Å². The van der Waals surface area contributed by atoms with Gasteiger partial charge in [-0.1, -0.05) is 29.8 Å². The summed E-state index contributed by atoms with van der Waals surface area (Å²) in [6.45, 7) is 0. The second-order valence-electron chi connectivity index (χ2n) is 3.69. The van der Waals surface area contributed by atoms with Crippen molar-refractivity contribution in [3.8, 4) is 0 Å². The van der Waals surface area contributed by atoms with Crippen LogP contribution < -0.4 is 0 Å². The van der Waals surface area contributed by atoms with Gasteiger partial charge in [-0.15, -0.1) is 11.3 Å². The van der Waals surface area contributed by atoms with Crippen LogP contribution in [0, 0.1) is 0 Å². The van der Waals surface area contributed by atoms with Gasteiger partial charge < -0.3 is 5.11 Å². The van der Waals surface area contributed by atoms with Crippen LogP contribution in [0.3, 0.4) is 0 Å². The van der Waals surface area contributed by atoms with Crippen molar-refractivity contribution in [2.75, 3.05) is 0 Å². The van der Waals surface area contributed by atoms with Crippen LogP contribution in [0.1, 0.15) is 23.0 Å². The lowest BCUT2D eigenvalue weighted by Gasteiger charge is -2.10. The Kier molecular flexibility index (Phi) is 3.99. The molecule has 0 amide bonds. The van der Waals surface area contributed by atoms with Crippen molar-refractivity contribution in [1.82, 2.24) is 0 Å². The van der Waals surface area contributed by atoms with E-state index in [1.54, 1.807) is 11.3 Å². The minimum Gasteiger partial charge on any atom is -0.388 e. The maximum atomic E-state index is 9.99. The predicted octanol–water partition coefficient (Wildman–Crippen LogP) is 4.07. The molecule has 0 saturated carbocycles. The van der Waals surface area contributed by atoms with E-state index in [9.17, 15) is 5.11 Å². The highest BCUT2D eigenvalue weighted by Gasteiger charge is 2.08. The van der Waals surface area contributed by atoms with Gasteiger partial charge in [-0.2, -0.15) is 0 Å². The Morgan fingerprint density at radius 1 is 1.25 bits per heavy atom. The lowest BCUT2D eigenvalue weighted by molar-refractivity contribution is 0.168. The quantitative estimate of drug-likeness (QED) is 0.870. The maximum absolute atomic E-state index is 9.99. The van der Waals surface area contributed by atoms with E-state index in [0.717, 1.165) is 18.4 Å². The van der Waals surface area contributed by atoms with E-state index in [4.69, 9.17) is 11.6 Å². The minimum absolute atomic E-state index is 0.430. The SMILES string of the molecule is OC(CCc1cccs1)c1cccc(Cl)c1. The molecule has 2 rings (SSSR count). The number of aryl methyl sites for hydroxylation is 1. The largest absolute Gasteiger partial charge is 0.388 e. The number of rotatable bonds is 4. The van der Waals surface area contributed by atoms with Crippen LogP contribution in [0.25, 0.3) is 0 Å². The summed E-state index contributed by atoms with van der Waals surface area (Å²) in [5, 5.41) is 12.7. The Bertz CT molecular complexity index is 439. The van der Waals surface area contributed by atoms with E-state index in [2.05, 4.69) is 11.4 Å². The normalized spacial score (nSPS) is 12.6. The molecule has 1 aromatic carbocycles. The number of benzene rings is 1. The fourth-order valence-electron chi connectivity index (χ4n) is 1.61. The Hall–Kier alpha value is -0.830. The predicted molar refractivity (Wildman–Crippen MR) is 69.1 cm³/mol. The molecule has 1 nitrogen and oxygen atoms in total. The van der Waals surface area contributed by atoms with Crippen molar-refractivity contribution in [3.05, 3.63) is 57.2 Å². The van der Waals surface area contributed by atoms with Gasteiger partial charge in [0.05, 0.1) is 6.10 Å². The highest BCUT2D eigenvalue weighted by molar-refractivity contribution is 7.09. The third-order valence-corrected chi connectivity index (χ3v) is 3.65. The Morgan fingerprint density at radius 2 is 2.12 bits per heavy atom. The van der Waals surface area contributed by atoms with E-state index in [1.807, 2.05) is 30.3 Å². The van der Waals surface area contributed by atoms with Crippen LogP contribution >= 0.6 is 22.9 Å². The lowest BCUT2D eigenvalue weighted by Crippen LogP contribution is -1.98. The number of thiophene rings is 1. The summed E-state index contributed by atoms with van der Waals surface area (Å²) in [5.41, 5.74) is 0.893. The van der Waals surface area contributed by atoms with Crippen molar-refractivity contribution >= 4 is 22.9 Å². The minimum atomic E-state index is -0.430. The molecule has 0 bridgehead atoms. The van der Waals surface area contributed by atoms with Gasteiger partial charge in [0.2, 0.25) is 0 Å². The zero-order valence-corrected chi connectivity index (χ0v) is 10.3. The topological polar surface area (TPSA) is 20.2 Å². The first-order valence-electron chi connectivity index (χ1n) is 5.21. The van der Waals surface area contributed by atoms with Gasteiger partial charge in [-0.05, 0) is 42.0 Å². The summed E-state index contributed by atoms with van der Waals surface area (Å²) in [4.78, 5) is 1.31. The summed E-state index contributed by atoms with van der Waals surface area (Å²) in [7, 11) is 0. The summed E-state index contributed by atoms with van der Waals surface area (Å²) in [6, 6.07) is 11.5. The van der Waals surface area contributed by atoms with Gasteiger partial charge >= 0.3 is 0 Å². The first-order valence-corrected chi connectivity index (χ1v) is 6.47. The van der Waals surface area contributed by atoms with Crippen LogP contribution in [0.2, 0.25) is 5.02 Å². The monoisotopic (exact) mass is 252 g/mol. The van der Waals surface area contributed by atoms with Crippen LogP contribution in [0.4, 0.5) is 0 Å². The molecule has 1 N–H and O–H groups in total. The number of hydrogen-bond donors (Lipinski definition) is 1. The Balaban J connectivity index is 1.95. The van der Waals surface area contributed by atoms with Gasteiger partial charge in [0, 0.05) is 9.90 Å². The smallest absolute Gasteiger partial charge is 0.0794 e. The van der Waals surface area contributed by atoms with Gasteiger partial charge in [-0.25, -0.2) is 0 Å². The van der Waals surface area contributed by atoms with Gasteiger partial charge in [-0.3, -0.25) is 0 Å². The average Bonchev–Trinajstić information content (AvgIpc) is 2.78. The molecule has 0 fully saturated rings. The number of aliphatic hydroxyl groups excluding tert-OH is 1. The molecule has 3 heteroatoms. The molecule has 1 aromatic heterocycles. The first kappa shape index (κ1) is 11.6. The molecular weight excluding hydrogens is 240 g/mol. The molecule has 0 aliphatic carbocycles. The molecule has 2 aromatic rings. The summed E-state index contributed by atoms with van der Waals surface area (Å²) in [5.74, 6) is 0. The first-order chi connectivity index (χ1) is 7.75. The molecule has 1 unspecified atom stereocenters. The van der Waals surface area contributed by atoms with Crippen LogP contribution in [-0.4, -0.2) is 5.11 Å². The van der Waals surface area contributed by atoms with Gasteiger partial charge in [0.25, 0.3) is 0 Å². The van der Waals surface area contributed by atoms with Gasteiger partial charge in [0.1, 0.15) is 0 Å². The Labute approximate surface area is 104 Å². The third-order valence-electron chi connectivity index (χ3n) is 2.48. The standard InChI is InChI=1S/C13H13ClOS/c14-11-4-1-3-10(9-11)13(15)7-6-12-5-2-8-16-12/h1-5,8-9,13,15H,6-7H2. The highest BCUT2D eigenvalue weighted by Crippen LogP contribution is 2.23. The lowest BCUT2D eigenvalue weighted by atomic mass is 10.0. The molecular formula is C13H13ClOS.